The minimum absolute atomic E-state index is 0.187. The number of ether oxygens (including phenoxy) is 2. The molecule has 0 unspecified atom stereocenters. The highest BCUT2D eigenvalue weighted by Gasteiger charge is 2.20. The van der Waals surface area contributed by atoms with E-state index in [-0.39, 0.29) is 30.3 Å². The lowest BCUT2D eigenvalue weighted by Crippen LogP contribution is -2.17. The zero-order valence-corrected chi connectivity index (χ0v) is 10.7. The SMILES string of the molecule is CCOC(=O)c1c(NC(=O)CCOC)n[nH]c1C. The largest absolute Gasteiger partial charge is 0.462 e. The van der Waals surface area contributed by atoms with Crippen LogP contribution in [0.3, 0.4) is 0 Å². The molecule has 0 fully saturated rings. The second-order valence-corrected chi connectivity index (χ2v) is 3.58. The number of nitrogens with zero attached hydrogens (tertiary/aromatic N) is 1. The predicted octanol–water partition coefficient (Wildman–Crippen LogP) is 0.870. The normalized spacial score (nSPS) is 10.2. The third-order valence-electron chi connectivity index (χ3n) is 2.22. The van der Waals surface area contributed by atoms with Crippen LogP contribution in [-0.2, 0) is 14.3 Å². The van der Waals surface area contributed by atoms with E-state index in [9.17, 15) is 9.59 Å². The molecule has 2 N–H and O–H groups in total. The lowest BCUT2D eigenvalue weighted by Gasteiger charge is -2.05. The van der Waals surface area contributed by atoms with Gasteiger partial charge in [0, 0.05) is 12.8 Å². The van der Waals surface area contributed by atoms with Gasteiger partial charge in [-0.15, -0.1) is 0 Å². The number of H-pyrrole nitrogens is 1. The molecule has 1 heterocycles. The van der Waals surface area contributed by atoms with Crippen LogP contribution in [0.15, 0.2) is 0 Å². The van der Waals surface area contributed by atoms with Crippen LogP contribution in [0.1, 0.15) is 29.4 Å². The summed E-state index contributed by atoms with van der Waals surface area (Å²) in [5.41, 5.74) is 0.804. The quantitative estimate of drug-likeness (QED) is 0.736. The fourth-order valence-electron chi connectivity index (χ4n) is 1.36. The fourth-order valence-corrected chi connectivity index (χ4v) is 1.36. The number of methoxy groups -OCH3 is 1. The van der Waals surface area contributed by atoms with Crippen molar-refractivity contribution in [1.82, 2.24) is 10.2 Å². The number of nitrogens with one attached hydrogen (secondary N) is 2. The summed E-state index contributed by atoms with van der Waals surface area (Å²) in [4.78, 5) is 23.2. The maximum absolute atomic E-state index is 11.7. The standard InChI is InChI=1S/C11H17N3O4/c1-4-18-11(16)9-7(2)13-14-10(9)12-8(15)5-6-17-3/h4-6H2,1-3H3,(H2,12,13,14,15). The first-order chi connectivity index (χ1) is 8.60. The van der Waals surface area contributed by atoms with Gasteiger partial charge in [0.05, 0.1) is 19.6 Å². The zero-order valence-electron chi connectivity index (χ0n) is 10.7. The van der Waals surface area contributed by atoms with Crippen LogP contribution >= 0.6 is 0 Å². The first kappa shape index (κ1) is 14.2. The highest BCUT2D eigenvalue weighted by Crippen LogP contribution is 2.17. The molecule has 0 bridgehead atoms. The molecule has 0 saturated carbocycles. The Morgan fingerprint density at radius 2 is 2.17 bits per heavy atom. The number of rotatable bonds is 6. The highest BCUT2D eigenvalue weighted by atomic mass is 16.5. The molecule has 18 heavy (non-hydrogen) atoms. The molecule has 0 radical (unpaired) electrons. The molecule has 1 aromatic heterocycles. The number of aryl methyl sites for hydroxylation is 1. The van der Waals surface area contributed by atoms with Crippen LogP contribution in [0.25, 0.3) is 0 Å². The van der Waals surface area contributed by atoms with Crippen molar-refractivity contribution in [1.29, 1.82) is 0 Å². The summed E-state index contributed by atoms with van der Waals surface area (Å²) < 4.78 is 9.69. The summed E-state index contributed by atoms with van der Waals surface area (Å²) in [6.07, 6.45) is 0.199. The Kier molecular flexibility index (Phi) is 5.31. The van der Waals surface area contributed by atoms with Crippen LogP contribution in [0.2, 0.25) is 0 Å². The number of amides is 1. The van der Waals surface area contributed by atoms with Gasteiger partial charge in [0.25, 0.3) is 0 Å². The summed E-state index contributed by atoms with van der Waals surface area (Å²) in [7, 11) is 1.51. The zero-order chi connectivity index (χ0) is 13.5. The van der Waals surface area contributed by atoms with E-state index in [1.54, 1.807) is 13.8 Å². The smallest absolute Gasteiger partial charge is 0.343 e. The molecule has 0 aliphatic rings. The number of aromatic nitrogens is 2. The molecule has 100 valence electrons. The van der Waals surface area contributed by atoms with Crippen molar-refractivity contribution in [2.45, 2.75) is 20.3 Å². The van der Waals surface area contributed by atoms with Crippen LogP contribution in [0, 0.1) is 6.92 Å². The van der Waals surface area contributed by atoms with E-state index in [0.29, 0.717) is 12.3 Å². The van der Waals surface area contributed by atoms with Crippen molar-refractivity contribution >= 4 is 17.7 Å². The average Bonchev–Trinajstić information content (AvgIpc) is 2.68. The third-order valence-corrected chi connectivity index (χ3v) is 2.22. The summed E-state index contributed by atoms with van der Waals surface area (Å²) in [6.45, 7) is 3.97. The molecular weight excluding hydrogens is 238 g/mol. The Labute approximate surface area is 105 Å². The Hall–Kier alpha value is -1.89. The number of hydrogen-bond acceptors (Lipinski definition) is 5. The van der Waals surface area contributed by atoms with E-state index in [1.165, 1.54) is 7.11 Å². The van der Waals surface area contributed by atoms with Crippen LogP contribution < -0.4 is 5.32 Å². The molecular formula is C11H17N3O4. The van der Waals surface area contributed by atoms with Gasteiger partial charge in [-0.25, -0.2) is 4.79 Å². The van der Waals surface area contributed by atoms with Gasteiger partial charge in [-0.05, 0) is 13.8 Å². The number of esters is 1. The Balaban J connectivity index is 2.77. The van der Waals surface area contributed by atoms with E-state index < -0.39 is 5.97 Å². The molecule has 1 amide bonds. The van der Waals surface area contributed by atoms with Gasteiger partial charge in [0.2, 0.25) is 5.91 Å². The van der Waals surface area contributed by atoms with Crippen molar-refractivity contribution in [2.24, 2.45) is 0 Å². The van der Waals surface area contributed by atoms with Gasteiger partial charge in [-0.2, -0.15) is 5.10 Å². The second-order valence-electron chi connectivity index (χ2n) is 3.58. The second kappa shape index (κ2) is 6.75. The van der Waals surface area contributed by atoms with Crippen LogP contribution in [0.4, 0.5) is 5.82 Å². The van der Waals surface area contributed by atoms with E-state index in [2.05, 4.69) is 15.5 Å². The number of anilines is 1. The van der Waals surface area contributed by atoms with Crippen LogP contribution in [-0.4, -0.2) is 42.4 Å². The summed E-state index contributed by atoms with van der Waals surface area (Å²) in [5.74, 6) is -0.591. The number of hydrogen-bond donors (Lipinski definition) is 2. The first-order valence-corrected chi connectivity index (χ1v) is 5.61. The Morgan fingerprint density at radius 3 is 2.78 bits per heavy atom. The number of aromatic amines is 1. The van der Waals surface area contributed by atoms with Crippen molar-refractivity contribution in [3.8, 4) is 0 Å². The molecule has 0 atom stereocenters. The Bertz CT molecular complexity index is 428. The first-order valence-electron chi connectivity index (χ1n) is 5.61. The molecule has 0 spiro atoms. The van der Waals surface area contributed by atoms with Crippen LogP contribution in [0.5, 0.6) is 0 Å². The molecule has 7 nitrogen and oxygen atoms in total. The van der Waals surface area contributed by atoms with Gasteiger partial charge in [-0.1, -0.05) is 0 Å². The number of carbonyl (C=O) groups is 2. The van der Waals surface area contributed by atoms with Crippen molar-refractivity contribution in [3.05, 3.63) is 11.3 Å². The molecule has 0 aliphatic heterocycles. The maximum Gasteiger partial charge on any atom is 0.343 e. The molecule has 1 aromatic rings. The molecule has 0 aliphatic carbocycles. The maximum atomic E-state index is 11.7. The topological polar surface area (TPSA) is 93.3 Å². The van der Waals surface area contributed by atoms with Crippen molar-refractivity contribution in [2.75, 3.05) is 25.6 Å². The van der Waals surface area contributed by atoms with Crippen molar-refractivity contribution in [3.63, 3.8) is 0 Å². The van der Waals surface area contributed by atoms with Gasteiger partial charge >= 0.3 is 5.97 Å². The van der Waals surface area contributed by atoms with E-state index in [0.717, 1.165) is 0 Å². The monoisotopic (exact) mass is 255 g/mol. The van der Waals surface area contributed by atoms with E-state index in [1.807, 2.05) is 0 Å². The minimum atomic E-state index is -0.509. The molecule has 0 saturated heterocycles. The molecule has 1 rings (SSSR count). The van der Waals surface area contributed by atoms with Gasteiger partial charge in [-0.3, -0.25) is 9.89 Å². The average molecular weight is 255 g/mol. The minimum Gasteiger partial charge on any atom is -0.462 e. The number of carbonyl (C=O) groups excluding carboxylic acids is 2. The van der Waals surface area contributed by atoms with Gasteiger partial charge < -0.3 is 14.8 Å². The summed E-state index contributed by atoms with van der Waals surface area (Å²) in [5, 5.41) is 9.05. The molecule has 0 aromatic carbocycles. The van der Waals surface area contributed by atoms with Crippen molar-refractivity contribution < 1.29 is 19.1 Å². The summed E-state index contributed by atoms with van der Waals surface area (Å²) in [6, 6.07) is 0. The lowest BCUT2D eigenvalue weighted by atomic mass is 10.2. The van der Waals surface area contributed by atoms with Gasteiger partial charge in [0.15, 0.2) is 5.82 Å². The third kappa shape index (κ3) is 3.56. The summed E-state index contributed by atoms with van der Waals surface area (Å²) >= 11 is 0. The lowest BCUT2D eigenvalue weighted by molar-refractivity contribution is -0.117. The highest BCUT2D eigenvalue weighted by molar-refractivity contribution is 6.00. The van der Waals surface area contributed by atoms with Gasteiger partial charge in [0.1, 0.15) is 5.56 Å². The van der Waals surface area contributed by atoms with E-state index in [4.69, 9.17) is 9.47 Å². The Morgan fingerprint density at radius 1 is 1.44 bits per heavy atom. The fraction of sp³-hybridized carbons (Fsp3) is 0.545. The van der Waals surface area contributed by atoms with E-state index >= 15 is 0 Å². The molecule has 7 heteroatoms. The predicted molar refractivity (Wildman–Crippen MR) is 64.4 cm³/mol.